The van der Waals surface area contributed by atoms with Crippen molar-refractivity contribution in [2.24, 2.45) is 4.99 Å². The maximum atomic E-state index is 13.1. The molecule has 3 aliphatic heterocycles. The third kappa shape index (κ3) is 4.35. The van der Waals surface area contributed by atoms with Gasteiger partial charge in [-0.1, -0.05) is 0 Å². The van der Waals surface area contributed by atoms with E-state index < -0.39 is 0 Å². The summed E-state index contributed by atoms with van der Waals surface area (Å²) >= 11 is 0. The third-order valence-electron chi connectivity index (χ3n) is 5.93. The molecule has 0 aromatic heterocycles. The van der Waals surface area contributed by atoms with E-state index in [1.54, 1.807) is 0 Å². The summed E-state index contributed by atoms with van der Waals surface area (Å²) < 4.78 is 19.2. The van der Waals surface area contributed by atoms with Gasteiger partial charge in [0, 0.05) is 58.0 Å². The highest BCUT2D eigenvalue weighted by atomic mass is 19.1. The first-order valence-electron chi connectivity index (χ1n) is 10.0. The molecule has 1 aromatic carbocycles. The number of morpholine rings is 1. The number of nitrogens with zero attached hydrogens (tertiary/aromatic N) is 4. The normalized spacial score (nSPS) is 27.0. The fraction of sp³-hybridized carbons (Fsp3) is 0.650. The Morgan fingerprint density at radius 3 is 2.70 bits per heavy atom. The third-order valence-corrected chi connectivity index (χ3v) is 5.93. The molecule has 3 fully saturated rings. The molecule has 0 bridgehead atoms. The predicted molar refractivity (Wildman–Crippen MR) is 106 cm³/mol. The van der Waals surface area contributed by atoms with Crippen LogP contribution < -0.4 is 10.2 Å². The van der Waals surface area contributed by atoms with Gasteiger partial charge in [-0.25, -0.2) is 4.39 Å². The average Bonchev–Trinajstić information content (AvgIpc) is 3.17. The molecule has 2 atom stereocenters. The number of hydrogen-bond acceptors (Lipinski definition) is 4. The number of anilines is 1. The molecule has 1 aromatic rings. The van der Waals surface area contributed by atoms with Crippen molar-refractivity contribution in [3.05, 3.63) is 30.1 Å². The molecule has 3 heterocycles. The van der Waals surface area contributed by atoms with Gasteiger partial charge in [0.1, 0.15) is 5.82 Å². The molecule has 2 unspecified atom stereocenters. The quantitative estimate of drug-likeness (QED) is 0.639. The average molecular weight is 375 g/mol. The van der Waals surface area contributed by atoms with Crippen molar-refractivity contribution < 1.29 is 9.13 Å². The fourth-order valence-electron chi connectivity index (χ4n) is 4.37. The maximum Gasteiger partial charge on any atom is 0.193 e. The molecule has 6 nitrogen and oxygen atoms in total. The van der Waals surface area contributed by atoms with Gasteiger partial charge in [-0.05, 0) is 43.7 Å². The van der Waals surface area contributed by atoms with Gasteiger partial charge < -0.3 is 19.9 Å². The number of nitrogens with one attached hydrogen (secondary N) is 1. The first-order chi connectivity index (χ1) is 13.2. The van der Waals surface area contributed by atoms with Crippen molar-refractivity contribution in [2.45, 2.75) is 25.0 Å². The Morgan fingerprint density at radius 1 is 1.19 bits per heavy atom. The number of fused-ring (bicyclic) bond motifs is 1. The van der Waals surface area contributed by atoms with E-state index in [2.05, 4.69) is 25.0 Å². The molecule has 7 heteroatoms. The number of guanidine groups is 1. The van der Waals surface area contributed by atoms with E-state index in [0.29, 0.717) is 6.04 Å². The highest BCUT2D eigenvalue weighted by Crippen LogP contribution is 2.22. The molecule has 0 radical (unpaired) electrons. The van der Waals surface area contributed by atoms with Crippen molar-refractivity contribution >= 4 is 11.6 Å². The van der Waals surface area contributed by atoms with E-state index in [1.165, 1.54) is 31.5 Å². The second-order valence-electron chi connectivity index (χ2n) is 7.62. The van der Waals surface area contributed by atoms with Crippen molar-refractivity contribution in [1.82, 2.24) is 15.1 Å². The van der Waals surface area contributed by atoms with Gasteiger partial charge in [0.25, 0.3) is 0 Å². The van der Waals surface area contributed by atoms with E-state index in [9.17, 15) is 4.39 Å². The summed E-state index contributed by atoms with van der Waals surface area (Å²) in [4.78, 5) is 11.6. The molecule has 0 amide bonds. The van der Waals surface area contributed by atoms with Crippen LogP contribution in [0.3, 0.4) is 0 Å². The Balaban J connectivity index is 1.25. The van der Waals surface area contributed by atoms with Crippen molar-refractivity contribution in [3.8, 4) is 0 Å². The van der Waals surface area contributed by atoms with Crippen molar-refractivity contribution in [2.75, 3.05) is 64.4 Å². The molecule has 3 aliphatic rings. The van der Waals surface area contributed by atoms with E-state index in [1.807, 2.05) is 19.2 Å². The highest BCUT2D eigenvalue weighted by Gasteiger charge is 2.32. The molecule has 148 valence electrons. The summed E-state index contributed by atoms with van der Waals surface area (Å²) in [6.07, 6.45) is 2.81. The lowest BCUT2D eigenvalue weighted by Crippen LogP contribution is -2.55. The Kier molecular flexibility index (Phi) is 5.78. The lowest BCUT2D eigenvalue weighted by Gasteiger charge is -2.39. The standard InChI is InChI=1S/C20H30FN5O/c1-22-20(23-13-19-14-26-8-2-3-18(26)15-27-19)25-11-9-24(10-12-25)17-6-4-16(21)5-7-17/h4-7,18-19H,2-3,8-15H2,1H3,(H,22,23). The summed E-state index contributed by atoms with van der Waals surface area (Å²) in [7, 11) is 1.84. The van der Waals surface area contributed by atoms with Crippen molar-refractivity contribution in [1.29, 1.82) is 0 Å². The topological polar surface area (TPSA) is 43.3 Å². The Bertz CT molecular complexity index is 644. The summed E-state index contributed by atoms with van der Waals surface area (Å²) in [5.74, 6) is 0.757. The number of aliphatic imine (C=N–C) groups is 1. The molecule has 0 saturated carbocycles. The first kappa shape index (κ1) is 18.5. The monoisotopic (exact) mass is 375 g/mol. The van der Waals surface area contributed by atoms with Gasteiger partial charge in [-0.3, -0.25) is 9.89 Å². The Morgan fingerprint density at radius 2 is 1.96 bits per heavy atom. The van der Waals surface area contributed by atoms with Crippen LogP contribution in [0.5, 0.6) is 0 Å². The van der Waals surface area contributed by atoms with Crippen LogP contribution in [0.25, 0.3) is 0 Å². The number of ether oxygens (including phenoxy) is 1. The van der Waals surface area contributed by atoms with E-state index in [4.69, 9.17) is 4.74 Å². The van der Waals surface area contributed by atoms with Crippen LogP contribution in [0.4, 0.5) is 10.1 Å². The summed E-state index contributed by atoms with van der Waals surface area (Å²) in [5.41, 5.74) is 1.08. The zero-order chi connectivity index (χ0) is 18.6. The molecule has 0 aliphatic carbocycles. The second-order valence-corrected chi connectivity index (χ2v) is 7.62. The van der Waals surface area contributed by atoms with Gasteiger partial charge in [-0.15, -0.1) is 0 Å². The lowest BCUT2D eigenvalue weighted by atomic mass is 10.2. The van der Waals surface area contributed by atoms with Crippen LogP contribution in [-0.4, -0.2) is 87.4 Å². The molecular formula is C20H30FN5O. The van der Waals surface area contributed by atoms with Crippen LogP contribution in [0.2, 0.25) is 0 Å². The summed E-state index contributed by atoms with van der Waals surface area (Å²) in [6.45, 7) is 7.50. The van der Waals surface area contributed by atoms with Crippen LogP contribution in [0.1, 0.15) is 12.8 Å². The molecule has 27 heavy (non-hydrogen) atoms. The Labute approximate surface area is 161 Å². The minimum absolute atomic E-state index is 0.188. The summed E-state index contributed by atoms with van der Waals surface area (Å²) in [5, 5.41) is 3.51. The zero-order valence-corrected chi connectivity index (χ0v) is 16.1. The van der Waals surface area contributed by atoms with Gasteiger partial charge >= 0.3 is 0 Å². The minimum Gasteiger partial charge on any atom is -0.373 e. The number of benzene rings is 1. The van der Waals surface area contributed by atoms with E-state index >= 15 is 0 Å². The zero-order valence-electron chi connectivity index (χ0n) is 16.1. The van der Waals surface area contributed by atoms with Gasteiger partial charge in [0.15, 0.2) is 5.96 Å². The smallest absolute Gasteiger partial charge is 0.193 e. The lowest BCUT2D eigenvalue weighted by molar-refractivity contribution is -0.0454. The van der Waals surface area contributed by atoms with Crippen LogP contribution in [-0.2, 0) is 4.74 Å². The largest absolute Gasteiger partial charge is 0.373 e. The van der Waals surface area contributed by atoms with Crippen molar-refractivity contribution in [3.63, 3.8) is 0 Å². The van der Waals surface area contributed by atoms with E-state index in [-0.39, 0.29) is 11.9 Å². The number of hydrogen-bond donors (Lipinski definition) is 1. The van der Waals surface area contributed by atoms with Gasteiger partial charge in [-0.2, -0.15) is 0 Å². The molecule has 1 N–H and O–H groups in total. The predicted octanol–water partition coefficient (Wildman–Crippen LogP) is 1.39. The van der Waals surface area contributed by atoms with Crippen LogP contribution in [0.15, 0.2) is 29.3 Å². The van der Waals surface area contributed by atoms with Crippen LogP contribution in [0, 0.1) is 5.82 Å². The second kappa shape index (κ2) is 8.44. The number of halogens is 1. The first-order valence-corrected chi connectivity index (χ1v) is 10.0. The highest BCUT2D eigenvalue weighted by molar-refractivity contribution is 5.80. The number of piperazine rings is 1. The Hall–Kier alpha value is -1.86. The molecular weight excluding hydrogens is 345 g/mol. The summed E-state index contributed by atoms with van der Waals surface area (Å²) in [6, 6.07) is 7.39. The van der Waals surface area contributed by atoms with Crippen LogP contribution >= 0.6 is 0 Å². The van der Waals surface area contributed by atoms with Gasteiger partial charge in [0.2, 0.25) is 0 Å². The molecule has 3 saturated heterocycles. The SMILES string of the molecule is CN=C(NCC1CN2CCCC2CO1)N1CCN(c2ccc(F)cc2)CC1. The van der Waals surface area contributed by atoms with E-state index in [0.717, 1.165) is 57.5 Å². The fourth-order valence-corrected chi connectivity index (χ4v) is 4.37. The van der Waals surface area contributed by atoms with Gasteiger partial charge in [0.05, 0.1) is 12.7 Å². The molecule has 4 rings (SSSR count). The number of rotatable bonds is 3. The molecule has 0 spiro atoms. The minimum atomic E-state index is -0.188. The maximum absolute atomic E-state index is 13.1.